The molecule has 2 rings (SSSR count). The van der Waals surface area contributed by atoms with Crippen LogP contribution in [0.1, 0.15) is 33.6 Å². The second-order valence-electron chi connectivity index (χ2n) is 6.45. The van der Waals surface area contributed by atoms with Gasteiger partial charge in [-0.1, -0.05) is 20.8 Å². The van der Waals surface area contributed by atoms with Crippen molar-refractivity contribution >= 4 is 0 Å². The summed E-state index contributed by atoms with van der Waals surface area (Å²) in [5.41, 5.74) is 0. The predicted octanol–water partition coefficient (Wildman–Crippen LogP) is 1.98. The monoisotopic (exact) mass is 254 g/mol. The molecule has 0 bridgehead atoms. The Hall–Kier alpha value is -0.120. The summed E-state index contributed by atoms with van der Waals surface area (Å²) in [6, 6.07) is 0. The number of hydrogen-bond donors (Lipinski definition) is 1. The third-order valence-electron chi connectivity index (χ3n) is 4.37. The zero-order valence-electron chi connectivity index (χ0n) is 12.3. The van der Waals surface area contributed by atoms with Crippen LogP contribution in [0.3, 0.4) is 0 Å². The molecule has 0 aromatic carbocycles. The maximum Gasteiger partial charge on any atom is 0.0613 e. The molecule has 0 aromatic rings. The molecule has 4 unspecified atom stereocenters. The molecular weight excluding hydrogens is 224 g/mol. The Balaban J connectivity index is 1.88. The van der Waals surface area contributed by atoms with E-state index in [4.69, 9.17) is 4.74 Å². The number of nitrogens with one attached hydrogen (secondary N) is 1. The van der Waals surface area contributed by atoms with E-state index in [1.165, 1.54) is 45.6 Å². The van der Waals surface area contributed by atoms with Gasteiger partial charge in [0.2, 0.25) is 0 Å². The van der Waals surface area contributed by atoms with Crippen LogP contribution < -0.4 is 5.32 Å². The Morgan fingerprint density at radius 1 is 1.17 bits per heavy atom. The number of hydrogen-bond acceptors (Lipinski definition) is 3. The van der Waals surface area contributed by atoms with E-state index in [0.29, 0.717) is 6.10 Å². The fraction of sp³-hybridized carbons (Fsp3) is 1.00. The molecule has 106 valence electrons. The quantitative estimate of drug-likeness (QED) is 0.833. The highest BCUT2D eigenvalue weighted by Crippen LogP contribution is 2.25. The molecule has 2 aliphatic heterocycles. The van der Waals surface area contributed by atoms with Crippen molar-refractivity contribution in [1.82, 2.24) is 10.2 Å². The van der Waals surface area contributed by atoms with Crippen LogP contribution in [0.4, 0.5) is 0 Å². The molecule has 2 fully saturated rings. The van der Waals surface area contributed by atoms with E-state index in [-0.39, 0.29) is 0 Å². The van der Waals surface area contributed by atoms with Gasteiger partial charge in [0, 0.05) is 26.2 Å². The Bertz CT molecular complexity index is 235. The zero-order valence-corrected chi connectivity index (χ0v) is 12.3. The Morgan fingerprint density at radius 3 is 2.44 bits per heavy atom. The minimum absolute atomic E-state index is 0.513. The summed E-state index contributed by atoms with van der Waals surface area (Å²) in [5, 5.41) is 3.57. The summed E-state index contributed by atoms with van der Waals surface area (Å²) >= 11 is 0. The van der Waals surface area contributed by atoms with Crippen molar-refractivity contribution in [3.8, 4) is 0 Å². The third kappa shape index (κ3) is 3.94. The van der Waals surface area contributed by atoms with Crippen LogP contribution in [-0.2, 0) is 4.74 Å². The average molecular weight is 254 g/mol. The molecule has 4 atom stereocenters. The summed E-state index contributed by atoms with van der Waals surface area (Å²) in [5.74, 6) is 2.29. The molecule has 18 heavy (non-hydrogen) atoms. The lowest BCUT2D eigenvalue weighted by atomic mass is 9.97. The summed E-state index contributed by atoms with van der Waals surface area (Å²) in [7, 11) is 0. The van der Waals surface area contributed by atoms with Crippen LogP contribution in [0.25, 0.3) is 0 Å². The molecule has 3 heteroatoms. The normalized spacial score (nSPS) is 39.5. The van der Waals surface area contributed by atoms with Gasteiger partial charge in [0.25, 0.3) is 0 Å². The van der Waals surface area contributed by atoms with Gasteiger partial charge in [-0.3, -0.25) is 0 Å². The van der Waals surface area contributed by atoms with Crippen LogP contribution >= 0.6 is 0 Å². The van der Waals surface area contributed by atoms with Crippen LogP contribution in [0, 0.1) is 17.8 Å². The lowest BCUT2D eigenvalue weighted by Crippen LogP contribution is -2.45. The molecule has 0 aliphatic carbocycles. The molecular formula is C15H30N2O. The van der Waals surface area contributed by atoms with Gasteiger partial charge in [-0.15, -0.1) is 0 Å². The standard InChI is InChI=1S/C15H30N2O/c1-4-15-14(5-6-18-15)11-17-9-12(2)7-16-8-13(3)10-17/h12-16H,4-11H2,1-3H3. The van der Waals surface area contributed by atoms with Gasteiger partial charge < -0.3 is 15.0 Å². The van der Waals surface area contributed by atoms with Gasteiger partial charge in [-0.2, -0.15) is 0 Å². The maximum atomic E-state index is 5.83. The second kappa shape index (κ2) is 6.88. The molecule has 3 nitrogen and oxygen atoms in total. The molecule has 2 aliphatic rings. The first-order valence-corrected chi connectivity index (χ1v) is 7.73. The lowest BCUT2D eigenvalue weighted by Gasteiger charge is -2.34. The lowest BCUT2D eigenvalue weighted by molar-refractivity contribution is 0.0691. The van der Waals surface area contributed by atoms with Crippen molar-refractivity contribution in [3.63, 3.8) is 0 Å². The fourth-order valence-corrected chi connectivity index (χ4v) is 3.49. The average Bonchev–Trinajstić information content (AvgIpc) is 2.74. The van der Waals surface area contributed by atoms with Crippen LogP contribution in [0.2, 0.25) is 0 Å². The van der Waals surface area contributed by atoms with E-state index in [1.807, 2.05) is 0 Å². The number of rotatable bonds is 3. The van der Waals surface area contributed by atoms with Crippen molar-refractivity contribution in [2.24, 2.45) is 17.8 Å². The Kier molecular flexibility index (Phi) is 5.46. The van der Waals surface area contributed by atoms with Crippen LogP contribution in [0.15, 0.2) is 0 Å². The first-order valence-electron chi connectivity index (χ1n) is 7.73. The molecule has 0 amide bonds. The Morgan fingerprint density at radius 2 is 1.83 bits per heavy atom. The molecule has 0 aromatic heterocycles. The number of ether oxygens (including phenoxy) is 1. The zero-order chi connectivity index (χ0) is 13.0. The summed E-state index contributed by atoms with van der Waals surface area (Å²) in [4.78, 5) is 2.69. The van der Waals surface area contributed by atoms with E-state index >= 15 is 0 Å². The maximum absolute atomic E-state index is 5.83. The number of nitrogens with zero attached hydrogens (tertiary/aromatic N) is 1. The van der Waals surface area contributed by atoms with Crippen molar-refractivity contribution in [2.75, 3.05) is 39.3 Å². The highest BCUT2D eigenvalue weighted by molar-refractivity contribution is 4.81. The van der Waals surface area contributed by atoms with E-state index in [0.717, 1.165) is 24.4 Å². The summed E-state index contributed by atoms with van der Waals surface area (Å²) in [6.45, 7) is 14.0. The summed E-state index contributed by atoms with van der Waals surface area (Å²) in [6.07, 6.45) is 2.94. The first-order chi connectivity index (χ1) is 8.69. The van der Waals surface area contributed by atoms with Crippen LogP contribution in [0.5, 0.6) is 0 Å². The fourth-order valence-electron chi connectivity index (χ4n) is 3.49. The molecule has 1 N–H and O–H groups in total. The molecule has 0 saturated carbocycles. The largest absolute Gasteiger partial charge is 0.378 e. The van der Waals surface area contributed by atoms with Gasteiger partial charge >= 0.3 is 0 Å². The third-order valence-corrected chi connectivity index (χ3v) is 4.37. The Labute approximate surface area is 112 Å². The van der Waals surface area contributed by atoms with Gasteiger partial charge in [0.1, 0.15) is 0 Å². The van der Waals surface area contributed by atoms with Crippen LogP contribution in [-0.4, -0.2) is 50.3 Å². The van der Waals surface area contributed by atoms with Crippen molar-refractivity contribution in [1.29, 1.82) is 0 Å². The molecule has 0 radical (unpaired) electrons. The van der Waals surface area contributed by atoms with Crippen molar-refractivity contribution in [3.05, 3.63) is 0 Å². The first kappa shape index (κ1) is 14.3. The predicted molar refractivity (Wildman–Crippen MR) is 75.8 cm³/mol. The smallest absolute Gasteiger partial charge is 0.0613 e. The summed E-state index contributed by atoms with van der Waals surface area (Å²) < 4.78 is 5.83. The topological polar surface area (TPSA) is 24.5 Å². The highest BCUT2D eigenvalue weighted by atomic mass is 16.5. The minimum Gasteiger partial charge on any atom is -0.378 e. The van der Waals surface area contributed by atoms with Crippen molar-refractivity contribution in [2.45, 2.75) is 39.7 Å². The molecule has 2 heterocycles. The second-order valence-corrected chi connectivity index (χ2v) is 6.45. The van der Waals surface area contributed by atoms with Gasteiger partial charge in [0.05, 0.1) is 6.10 Å². The molecule has 2 saturated heterocycles. The highest BCUT2D eigenvalue weighted by Gasteiger charge is 2.29. The molecule has 0 spiro atoms. The SMILES string of the molecule is CCC1OCCC1CN1CC(C)CNCC(C)C1. The van der Waals surface area contributed by atoms with E-state index in [2.05, 4.69) is 31.0 Å². The van der Waals surface area contributed by atoms with Gasteiger partial charge in [0.15, 0.2) is 0 Å². The van der Waals surface area contributed by atoms with Gasteiger partial charge in [-0.05, 0) is 43.7 Å². The minimum atomic E-state index is 0.513. The van der Waals surface area contributed by atoms with E-state index < -0.39 is 0 Å². The van der Waals surface area contributed by atoms with Crippen molar-refractivity contribution < 1.29 is 4.74 Å². The van der Waals surface area contributed by atoms with Gasteiger partial charge in [-0.25, -0.2) is 0 Å². The van der Waals surface area contributed by atoms with E-state index in [1.54, 1.807) is 0 Å². The van der Waals surface area contributed by atoms with E-state index in [9.17, 15) is 0 Å².